The summed E-state index contributed by atoms with van der Waals surface area (Å²) in [6.45, 7) is 3.54. The Kier molecular flexibility index (Phi) is 7.88. The summed E-state index contributed by atoms with van der Waals surface area (Å²) in [4.78, 5) is 25.0. The number of pyridine rings is 1. The first-order valence-electron chi connectivity index (χ1n) is 17.3. The summed E-state index contributed by atoms with van der Waals surface area (Å²) in [5, 5.41) is 15.5. The average Bonchev–Trinajstić information content (AvgIpc) is 3.62. The van der Waals surface area contributed by atoms with Crippen molar-refractivity contribution in [3.63, 3.8) is 0 Å². The van der Waals surface area contributed by atoms with Crippen LogP contribution in [-0.4, -0.2) is 50.6 Å². The molecule has 6 heterocycles. The third-order valence-electron chi connectivity index (χ3n) is 11.2. The molecular formula is C38H35Cl2FN6O3. The normalized spacial score (nSPS) is 24.3. The Morgan fingerprint density at radius 3 is 2.80 bits per heavy atom. The molecule has 12 heteroatoms. The van der Waals surface area contributed by atoms with Crippen molar-refractivity contribution in [3.05, 3.63) is 81.5 Å². The molecule has 3 aliphatic heterocycles. The molecule has 2 aromatic carbocycles. The number of nitrogens with zero attached hydrogens (tertiary/aromatic N) is 5. The van der Waals surface area contributed by atoms with Crippen LogP contribution in [0.25, 0.3) is 32.9 Å². The molecule has 2 saturated carbocycles. The van der Waals surface area contributed by atoms with Crippen molar-refractivity contribution in [3.8, 4) is 17.2 Å². The van der Waals surface area contributed by atoms with E-state index < -0.39 is 5.82 Å². The van der Waals surface area contributed by atoms with Crippen LogP contribution in [0.4, 0.5) is 4.39 Å². The second-order valence-electron chi connectivity index (χ2n) is 14.2. The lowest BCUT2D eigenvalue weighted by Gasteiger charge is -2.39. The molecule has 256 valence electrons. The fourth-order valence-corrected chi connectivity index (χ4v) is 9.01. The first-order valence-corrected chi connectivity index (χ1v) is 18.1. The minimum Gasteiger partial charge on any atom is -0.446 e. The number of hydrogen-bond donors (Lipinski definition) is 1. The van der Waals surface area contributed by atoms with E-state index in [1.54, 1.807) is 24.4 Å². The standard InChI is InChI=1S/C38H35Cl2FN6O3/c1-19-25-15-30(29-14-23(50-18-31-43-10-11-49-31)17-46(29)38(48)20-7-8-20)47(36-22-13-28(36)44-16-22)37(25)26-12-21(4-3-9-42)32(34(41)35(26)45-19)24-5-2-6-27(39)33(24)40/h2,5-6,10-12,15,20,22-23,28-29,36,44H,3-4,7-8,13-14,16-18H2,1H3. The van der Waals surface area contributed by atoms with E-state index in [1.165, 1.54) is 6.26 Å². The van der Waals surface area contributed by atoms with Gasteiger partial charge in [0, 0.05) is 71.2 Å². The van der Waals surface area contributed by atoms with Crippen LogP contribution in [0.5, 0.6) is 0 Å². The highest BCUT2D eigenvalue weighted by Crippen LogP contribution is 2.51. The van der Waals surface area contributed by atoms with Gasteiger partial charge in [-0.05, 0) is 62.3 Å². The highest BCUT2D eigenvalue weighted by atomic mass is 35.5. The molecule has 0 radical (unpaired) electrons. The van der Waals surface area contributed by atoms with Gasteiger partial charge in [0.1, 0.15) is 18.4 Å². The number of likely N-dealkylation sites (tertiary alicyclic amines) is 1. The Hall–Kier alpha value is -4.01. The molecule has 5 unspecified atom stereocenters. The largest absolute Gasteiger partial charge is 0.446 e. The smallest absolute Gasteiger partial charge is 0.226 e. The second-order valence-corrected chi connectivity index (χ2v) is 14.9. The SMILES string of the molecule is Cc1nc2c(F)c(-c3cccc(Cl)c3Cl)c(CCC#N)cc2c2c1cc(C1CC(OCc3ncco3)CN1C(=O)C1CC1)n2C1C2CNC1C2. The maximum atomic E-state index is 17.1. The van der Waals surface area contributed by atoms with Crippen LogP contribution < -0.4 is 5.32 Å². The maximum absolute atomic E-state index is 17.1. The molecule has 2 bridgehead atoms. The van der Waals surface area contributed by atoms with E-state index >= 15 is 4.39 Å². The van der Waals surface area contributed by atoms with Crippen molar-refractivity contribution in [2.24, 2.45) is 11.8 Å². The molecule has 0 spiro atoms. The van der Waals surface area contributed by atoms with Crippen LogP contribution in [0.15, 0.2) is 47.2 Å². The quantitative estimate of drug-likeness (QED) is 0.166. The van der Waals surface area contributed by atoms with Crippen molar-refractivity contribution >= 4 is 50.9 Å². The van der Waals surface area contributed by atoms with Crippen molar-refractivity contribution in [2.75, 3.05) is 13.1 Å². The monoisotopic (exact) mass is 712 g/mol. The molecule has 5 aromatic rings. The van der Waals surface area contributed by atoms with Crippen LogP contribution in [0.3, 0.4) is 0 Å². The van der Waals surface area contributed by atoms with Gasteiger partial charge in [-0.3, -0.25) is 4.79 Å². The Morgan fingerprint density at radius 2 is 2.08 bits per heavy atom. The Balaban J connectivity index is 1.25. The highest BCUT2D eigenvalue weighted by molar-refractivity contribution is 6.43. The van der Waals surface area contributed by atoms with Crippen LogP contribution in [-0.2, 0) is 22.6 Å². The first-order chi connectivity index (χ1) is 24.3. The summed E-state index contributed by atoms with van der Waals surface area (Å²) in [7, 11) is 0. The van der Waals surface area contributed by atoms with Crippen LogP contribution in [0, 0.1) is 35.9 Å². The molecule has 5 fully saturated rings. The number of aromatic nitrogens is 3. The molecule has 9 nitrogen and oxygen atoms in total. The van der Waals surface area contributed by atoms with Gasteiger partial charge in [0.15, 0.2) is 5.82 Å². The lowest BCUT2D eigenvalue weighted by Crippen LogP contribution is -2.41. The number of nitriles is 1. The van der Waals surface area contributed by atoms with Gasteiger partial charge in [0.2, 0.25) is 11.8 Å². The fraction of sp³-hybridized carbons (Fsp3) is 0.421. The average molecular weight is 714 g/mol. The molecule has 1 amide bonds. The van der Waals surface area contributed by atoms with Crippen LogP contribution in [0.1, 0.15) is 67.0 Å². The van der Waals surface area contributed by atoms with Gasteiger partial charge in [0.05, 0.1) is 46.0 Å². The Labute approximate surface area is 298 Å². The molecular weight excluding hydrogens is 678 g/mol. The van der Waals surface area contributed by atoms with Crippen molar-refractivity contribution in [1.82, 2.24) is 24.8 Å². The zero-order valence-corrected chi connectivity index (χ0v) is 29.0. The number of hydrogen-bond acceptors (Lipinski definition) is 7. The summed E-state index contributed by atoms with van der Waals surface area (Å²) in [5.41, 5.74) is 4.35. The predicted molar refractivity (Wildman–Crippen MR) is 187 cm³/mol. The first kappa shape index (κ1) is 31.9. The lowest BCUT2D eigenvalue weighted by molar-refractivity contribution is -0.134. The molecule has 3 aromatic heterocycles. The minimum atomic E-state index is -0.486. The summed E-state index contributed by atoms with van der Waals surface area (Å²) in [6, 6.07) is 11.8. The predicted octanol–water partition coefficient (Wildman–Crippen LogP) is 7.86. The lowest BCUT2D eigenvalue weighted by atomic mass is 9.79. The number of halogens is 3. The third kappa shape index (κ3) is 5.12. The molecule has 1 N–H and O–H groups in total. The maximum Gasteiger partial charge on any atom is 0.226 e. The summed E-state index contributed by atoms with van der Waals surface area (Å²) in [5.74, 6) is 0.633. The van der Waals surface area contributed by atoms with E-state index in [1.807, 2.05) is 17.9 Å². The third-order valence-corrected chi connectivity index (χ3v) is 12.0. The number of amides is 1. The van der Waals surface area contributed by atoms with Crippen molar-refractivity contribution in [1.29, 1.82) is 5.26 Å². The molecule has 2 aliphatic carbocycles. The molecule has 50 heavy (non-hydrogen) atoms. The van der Waals surface area contributed by atoms with E-state index in [0.29, 0.717) is 64.0 Å². The Bertz CT molecular complexity index is 2200. The number of nitrogens with one attached hydrogen (secondary N) is 1. The highest BCUT2D eigenvalue weighted by Gasteiger charge is 2.51. The van der Waals surface area contributed by atoms with Gasteiger partial charge in [-0.1, -0.05) is 35.3 Å². The fourth-order valence-electron chi connectivity index (χ4n) is 8.62. The number of oxazole rings is 1. The van der Waals surface area contributed by atoms with E-state index in [0.717, 1.165) is 42.4 Å². The topological polar surface area (TPSA) is 109 Å². The van der Waals surface area contributed by atoms with Gasteiger partial charge < -0.3 is 23.9 Å². The number of rotatable bonds is 9. The molecule has 10 rings (SSSR count). The van der Waals surface area contributed by atoms with E-state index in [2.05, 4.69) is 27.0 Å². The van der Waals surface area contributed by atoms with E-state index in [-0.39, 0.29) is 59.6 Å². The number of carbonyl (C=O) groups excluding carboxylic acids is 1. The number of aryl methyl sites for hydroxylation is 2. The zero-order valence-electron chi connectivity index (χ0n) is 27.5. The second kappa shape index (κ2) is 12.3. The summed E-state index contributed by atoms with van der Waals surface area (Å²) in [6.07, 6.45) is 6.96. The van der Waals surface area contributed by atoms with Gasteiger partial charge in [-0.15, -0.1) is 0 Å². The zero-order chi connectivity index (χ0) is 34.3. The summed E-state index contributed by atoms with van der Waals surface area (Å²) >= 11 is 13.1. The van der Waals surface area contributed by atoms with E-state index in [9.17, 15) is 10.1 Å². The van der Waals surface area contributed by atoms with Crippen LogP contribution >= 0.6 is 23.2 Å². The van der Waals surface area contributed by atoms with Crippen LogP contribution in [0.2, 0.25) is 10.0 Å². The Morgan fingerprint density at radius 1 is 1.22 bits per heavy atom. The number of fused-ring (bicyclic) bond motifs is 4. The van der Waals surface area contributed by atoms with Crippen molar-refractivity contribution in [2.45, 2.75) is 76.3 Å². The van der Waals surface area contributed by atoms with Gasteiger partial charge in [-0.2, -0.15) is 5.26 Å². The van der Waals surface area contributed by atoms with Gasteiger partial charge in [-0.25, -0.2) is 14.4 Å². The number of carbonyl (C=O) groups is 1. The molecule has 3 saturated heterocycles. The number of benzene rings is 2. The molecule has 5 atom stereocenters. The van der Waals surface area contributed by atoms with Crippen molar-refractivity contribution < 1.29 is 18.3 Å². The van der Waals surface area contributed by atoms with E-state index in [4.69, 9.17) is 37.3 Å². The van der Waals surface area contributed by atoms with Gasteiger partial charge >= 0.3 is 0 Å². The number of ether oxygens (including phenoxy) is 1. The van der Waals surface area contributed by atoms with Gasteiger partial charge in [0.25, 0.3) is 0 Å². The summed E-state index contributed by atoms with van der Waals surface area (Å²) < 4.78 is 31.3. The minimum absolute atomic E-state index is 0.0418. The molecule has 5 aliphatic rings.